The van der Waals surface area contributed by atoms with Crippen LogP contribution in [0.5, 0.6) is 0 Å². The standard InChI is InChI=1S/C26H38N2O3/c1-2-3-4-5-6-7-8-9-10-11-12-13-14-15-16-17-18-19-25(29)28-21-20-24-23(22-28)26(30)27-31-24/h3-4,6-7,9-10,12-13,15-16,23-24H,2,5,8,11,14,17-22H2,1H3,(H,27,30). The van der Waals surface area contributed by atoms with E-state index in [0.29, 0.717) is 19.5 Å². The molecule has 2 aliphatic rings. The molecule has 170 valence electrons. The summed E-state index contributed by atoms with van der Waals surface area (Å²) in [6.07, 6.45) is 29.8. The quantitative estimate of drug-likeness (QED) is 0.326. The first-order valence-corrected chi connectivity index (χ1v) is 11.7. The highest BCUT2D eigenvalue weighted by molar-refractivity contribution is 5.82. The maximum Gasteiger partial charge on any atom is 0.251 e. The number of piperidine rings is 1. The molecule has 2 fully saturated rings. The number of hydrogen-bond donors (Lipinski definition) is 1. The summed E-state index contributed by atoms with van der Waals surface area (Å²) in [7, 11) is 0. The van der Waals surface area contributed by atoms with E-state index in [1.54, 1.807) is 0 Å². The Morgan fingerprint density at radius 3 is 2.16 bits per heavy atom. The normalized spacial score (nSPS) is 22.0. The highest BCUT2D eigenvalue weighted by Crippen LogP contribution is 2.24. The SMILES string of the molecule is CCC=CCC=CCC=CCC=CCC=CCCCC(=O)N1CCC2ONC(=O)C2C1. The van der Waals surface area contributed by atoms with Gasteiger partial charge in [0.25, 0.3) is 5.91 Å². The molecule has 0 aromatic rings. The van der Waals surface area contributed by atoms with Gasteiger partial charge in [-0.2, -0.15) is 0 Å². The highest BCUT2D eigenvalue weighted by Gasteiger charge is 2.41. The zero-order valence-corrected chi connectivity index (χ0v) is 18.9. The fourth-order valence-corrected chi connectivity index (χ4v) is 3.66. The summed E-state index contributed by atoms with van der Waals surface area (Å²) in [5.74, 6) is -0.157. The van der Waals surface area contributed by atoms with Crippen molar-refractivity contribution in [2.75, 3.05) is 13.1 Å². The van der Waals surface area contributed by atoms with Gasteiger partial charge in [-0.25, -0.2) is 5.48 Å². The van der Waals surface area contributed by atoms with Crippen molar-refractivity contribution < 1.29 is 14.4 Å². The summed E-state index contributed by atoms with van der Waals surface area (Å²) < 4.78 is 0. The predicted octanol–water partition coefficient (Wildman–Crippen LogP) is 5.19. The van der Waals surface area contributed by atoms with E-state index in [0.717, 1.165) is 51.4 Å². The average molecular weight is 427 g/mol. The lowest BCUT2D eigenvalue weighted by Gasteiger charge is -2.32. The number of carbonyl (C=O) groups excluding carboxylic acids is 2. The van der Waals surface area contributed by atoms with Gasteiger partial charge in [0.1, 0.15) is 6.10 Å². The minimum atomic E-state index is -0.205. The van der Waals surface area contributed by atoms with Gasteiger partial charge in [0.2, 0.25) is 5.91 Å². The number of amides is 2. The highest BCUT2D eigenvalue weighted by atomic mass is 16.7. The molecule has 0 aromatic heterocycles. The maximum absolute atomic E-state index is 12.4. The van der Waals surface area contributed by atoms with E-state index in [2.05, 4.69) is 73.2 Å². The monoisotopic (exact) mass is 426 g/mol. The number of nitrogens with zero attached hydrogens (tertiary/aromatic N) is 1. The van der Waals surface area contributed by atoms with Crippen molar-refractivity contribution in [1.29, 1.82) is 0 Å². The van der Waals surface area contributed by atoms with Crippen LogP contribution in [-0.2, 0) is 14.4 Å². The molecule has 1 N–H and O–H groups in total. The number of rotatable bonds is 13. The van der Waals surface area contributed by atoms with E-state index in [-0.39, 0.29) is 23.8 Å². The van der Waals surface area contributed by atoms with Gasteiger partial charge >= 0.3 is 0 Å². The average Bonchev–Trinajstić information content (AvgIpc) is 3.16. The summed E-state index contributed by atoms with van der Waals surface area (Å²) in [4.78, 5) is 31.1. The van der Waals surface area contributed by atoms with Gasteiger partial charge in [0.15, 0.2) is 0 Å². The Kier molecular flexibility index (Phi) is 12.4. The van der Waals surface area contributed by atoms with Crippen molar-refractivity contribution in [1.82, 2.24) is 10.4 Å². The Hall–Kier alpha value is -2.40. The van der Waals surface area contributed by atoms with Crippen LogP contribution in [0.4, 0.5) is 0 Å². The smallest absolute Gasteiger partial charge is 0.251 e. The fourth-order valence-electron chi connectivity index (χ4n) is 3.66. The fraction of sp³-hybridized carbons (Fsp3) is 0.538. The summed E-state index contributed by atoms with van der Waals surface area (Å²) in [5, 5.41) is 0. The minimum Gasteiger partial charge on any atom is -0.342 e. The third kappa shape index (κ3) is 9.97. The Morgan fingerprint density at radius 2 is 1.55 bits per heavy atom. The Balaban J connectivity index is 1.46. The number of nitrogens with one attached hydrogen (secondary N) is 1. The Bertz CT molecular complexity index is 691. The van der Waals surface area contributed by atoms with Gasteiger partial charge in [-0.05, 0) is 51.4 Å². The molecule has 2 heterocycles. The zero-order chi connectivity index (χ0) is 22.2. The second kappa shape index (κ2) is 15.4. The van der Waals surface area contributed by atoms with E-state index in [1.165, 1.54) is 0 Å². The second-order valence-electron chi connectivity index (χ2n) is 7.96. The number of hydrogen-bond acceptors (Lipinski definition) is 3. The second-order valence-corrected chi connectivity index (χ2v) is 7.96. The minimum absolute atomic E-state index is 0.0714. The summed E-state index contributed by atoms with van der Waals surface area (Å²) >= 11 is 0. The van der Waals surface area contributed by atoms with Gasteiger partial charge in [-0.3, -0.25) is 14.4 Å². The summed E-state index contributed by atoms with van der Waals surface area (Å²) in [5.41, 5.74) is 2.42. The molecule has 0 aromatic carbocycles. The van der Waals surface area contributed by atoms with Crippen molar-refractivity contribution in [2.45, 2.75) is 70.8 Å². The summed E-state index contributed by atoms with van der Waals surface area (Å²) in [6.45, 7) is 3.31. The molecule has 0 radical (unpaired) electrons. The van der Waals surface area contributed by atoms with Crippen LogP contribution in [0.25, 0.3) is 0 Å². The Labute approximate surface area is 187 Å². The molecule has 2 unspecified atom stereocenters. The molecule has 5 heteroatoms. The molecule has 5 nitrogen and oxygen atoms in total. The van der Waals surface area contributed by atoms with Crippen molar-refractivity contribution in [3.05, 3.63) is 60.8 Å². The van der Waals surface area contributed by atoms with Crippen LogP contribution >= 0.6 is 0 Å². The van der Waals surface area contributed by atoms with E-state index >= 15 is 0 Å². The number of fused-ring (bicyclic) bond motifs is 1. The molecule has 0 aliphatic carbocycles. The molecule has 0 saturated carbocycles. The number of carbonyl (C=O) groups is 2. The van der Waals surface area contributed by atoms with Gasteiger partial charge in [-0.15, -0.1) is 0 Å². The first-order chi connectivity index (χ1) is 15.2. The molecule has 2 rings (SSSR count). The van der Waals surface area contributed by atoms with Crippen molar-refractivity contribution in [3.63, 3.8) is 0 Å². The largest absolute Gasteiger partial charge is 0.342 e. The lowest BCUT2D eigenvalue weighted by Crippen LogP contribution is -2.46. The molecule has 0 spiro atoms. The number of allylic oxidation sites excluding steroid dienone is 10. The Morgan fingerprint density at radius 1 is 0.968 bits per heavy atom. The molecule has 0 bridgehead atoms. The third-order valence-corrected chi connectivity index (χ3v) is 5.47. The molecule has 31 heavy (non-hydrogen) atoms. The number of likely N-dealkylation sites (tertiary alicyclic amines) is 1. The van der Waals surface area contributed by atoms with Crippen LogP contribution in [0, 0.1) is 5.92 Å². The van der Waals surface area contributed by atoms with Crippen molar-refractivity contribution in [3.8, 4) is 0 Å². The van der Waals surface area contributed by atoms with Crippen LogP contribution < -0.4 is 5.48 Å². The lowest BCUT2D eigenvalue weighted by molar-refractivity contribution is -0.135. The molecule has 2 aliphatic heterocycles. The first-order valence-electron chi connectivity index (χ1n) is 11.7. The van der Waals surface area contributed by atoms with E-state index in [4.69, 9.17) is 4.84 Å². The van der Waals surface area contributed by atoms with Gasteiger partial charge in [-0.1, -0.05) is 67.7 Å². The van der Waals surface area contributed by atoms with Crippen LogP contribution in [0.2, 0.25) is 0 Å². The summed E-state index contributed by atoms with van der Waals surface area (Å²) in [6, 6.07) is 0. The van der Waals surface area contributed by atoms with Gasteiger partial charge < -0.3 is 4.90 Å². The van der Waals surface area contributed by atoms with Gasteiger partial charge in [0, 0.05) is 19.5 Å². The topological polar surface area (TPSA) is 58.6 Å². The molecule has 2 atom stereocenters. The number of hydroxylamine groups is 1. The van der Waals surface area contributed by atoms with Crippen LogP contribution in [0.15, 0.2) is 60.8 Å². The number of unbranched alkanes of at least 4 members (excludes halogenated alkanes) is 1. The van der Waals surface area contributed by atoms with Gasteiger partial charge in [0.05, 0.1) is 5.92 Å². The zero-order valence-electron chi connectivity index (χ0n) is 18.9. The first kappa shape index (κ1) is 24.9. The van der Waals surface area contributed by atoms with E-state index < -0.39 is 0 Å². The van der Waals surface area contributed by atoms with Crippen molar-refractivity contribution in [2.24, 2.45) is 5.92 Å². The molecule has 2 amide bonds. The van der Waals surface area contributed by atoms with Crippen LogP contribution in [-0.4, -0.2) is 35.9 Å². The van der Waals surface area contributed by atoms with E-state index in [1.807, 2.05) is 4.90 Å². The predicted molar refractivity (Wildman–Crippen MR) is 126 cm³/mol. The maximum atomic E-state index is 12.4. The lowest BCUT2D eigenvalue weighted by atomic mass is 9.95. The van der Waals surface area contributed by atoms with E-state index in [9.17, 15) is 9.59 Å². The van der Waals surface area contributed by atoms with Crippen molar-refractivity contribution >= 4 is 11.8 Å². The molecular formula is C26H38N2O3. The third-order valence-electron chi connectivity index (χ3n) is 5.47. The van der Waals surface area contributed by atoms with Crippen LogP contribution in [0.3, 0.4) is 0 Å². The molecular weight excluding hydrogens is 388 g/mol. The molecule has 2 saturated heterocycles. The van der Waals surface area contributed by atoms with Crippen LogP contribution in [0.1, 0.15) is 64.7 Å².